The number of hydrogen-bond donors (Lipinski definition) is 1. The van der Waals surface area contributed by atoms with Crippen LogP contribution in [0.5, 0.6) is 0 Å². The van der Waals surface area contributed by atoms with Crippen LogP contribution in [-0.4, -0.2) is 56.3 Å². The van der Waals surface area contributed by atoms with Crippen molar-refractivity contribution < 1.29 is 31.7 Å². The summed E-state index contributed by atoms with van der Waals surface area (Å²) in [7, 11) is -3.92. The van der Waals surface area contributed by atoms with Crippen LogP contribution < -0.4 is 9.62 Å². The number of aromatic nitrogens is 2. The van der Waals surface area contributed by atoms with Gasteiger partial charge in [-0.3, -0.25) is 14.5 Å². The second-order valence-electron chi connectivity index (χ2n) is 7.33. The molecule has 0 saturated carbocycles. The fourth-order valence-electron chi connectivity index (χ4n) is 3.05. The van der Waals surface area contributed by atoms with Crippen molar-refractivity contribution in [1.82, 2.24) is 14.7 Å². The molecule has 8 nitrogen and oxygen atoms in total. The molecule has 1 heterocycles. The van der Waals surface area contributed by atoms with E-state index in [1.165, 1.54) is 0 Å². The fourth-order valence-corrected chi connectivity index (χ4v) is 3.52. The second-order valence-corrected chi connectivity index (χ2v) is 9.08. The van der Waals surface area contributed by atoms with Gasteiger partial charge in [0.05, 0.1) is 23.8 Å². The molecule has 1 aromatic heterocycles. The zero-order valence-corrected chi connectivity index (χ0v) is 19.7. The summed E-state index contributed by atoms with van der Waals surface area (Å²) >= 11 is 0. The summed E-state index contributed by atoms with van der Waals surface area (Å²) in [5.74, 6) is -1.46. The fraction of sp³-hybridized carbons (Fsp3) is 0.346. The lowest BCUT2D eigenvalue weighted by molar-refractivity contribution is -0.123. The molecule has 0 aliphatic carbocycles. The highest BCUT2D eigenvalue weighted by Gasteiger charge is 2.17. The Labute approximate surface area is 221 Å². The minimum atomic E-state index is -3.92. The van der Waals surface area contributed by atoms with Crippen LogP contribution in [0.15, 0.2) is 66.9 Å². The molecule has 0 aliphatic heterocycles. The summed E-state index contributed by atoms with van der Waals surface area (Å²) in [4.78, 5) is 21.5. The first-order valence-corrected chi connectivity index (χ1v) is 12.3. The third kappa shape index (κ3) is 8.15. The minimum absolute atomic E-state index is 0.239. The maximum atomic E-state index is 11.8. The molecule has 0 unspecified atom stereocenters. The molecule has 2 aromatic carbocycles. The maximum Gasteiger partial charge on any atom is 0.259 e. The van der Waals surface area contributed by atoms with Crippen molar-refractivity contribution >= 4 is 21.7 Å². The number of sulfonamides is 1. The standard InChI is InChI=1S/C26H32N4O4S/c1-20(2)30(16-10-11-17-34-19-24(31)29-35(3,32)33)23-18-27-25(21-12-6-4-7-13-21)26(28-23)22-14-8-5-9-15-22/h4-9,12-15,18,20H,10-11,16-17,19H2,1-3H3,(H,29,31)/i1D3,2D3,10D2,11D2. The number of nitrogens with one attached hydrogen (secondary N) is 1. The first-order chi connectivity index (χ1) is 20.6. The number of carbonyl (C=O) groups excluding carboxylic acids is 1. The molecule has 3 rings (SSSR count). The third-order valence-corrected chi connectivity index (χ3v) is 5.14. The van der Waals surface area contributed by atoms with E-state index in [0.717, 1.165) is 12.5 Å². The summed E-state index contributed by atoms with van der Waals surface area (Å²) in [6.07, 6.45) is -4.12. The molecule has 1 N–H and O–H groups in total. The van der Waals surface area contributed by atoms with Gasteiger partial charge in [0.1, 0.15) is 12.4 Å². The molecule has 0 fully saturated rings. The molecule has 1 amide bonds. The average molecular weight is 507 g/mol. The molecule has 3 aromatic rings. The number of hydrogen-bond acceptors (Lipinski definition) is 7. The Hall–Kier alpha value is -3.30. The van der Waals surface area contributed by atoms with Crippen LogP contribution >= 0.6 is 0 Å². The molecule has 186 valence electrons. The second kappa shape index (κ2) is 12.4. The first-order valence-electron chi connectivity index (χ1n) is 15.5. The zero-order chi connectivity index (χ0) is 33.8. The Morgan fingerprint density at radius 2 is 1.69 bits per heavy atom. The molecule has 0 saturated heterocycles. The predicted molar refractivity (Wildman–Crippen MR) is 138 cm³/mol. The zero-order valence-electron chi connectivity index (χ0n) is 28.9. The van der Waals surface area contributed by atoms with Gasteiger partial charge in [0.15, 0.2) is 0 Å². The molecule has 0 radical (unpaired) electrons. The van der Waals surface area contributed by atoms with Crippen molar-refractivity contribution in [3.05, 3.63) is 66.9 Å². The van der Waals surface area contributed by atoms with Crippen LogP contribution in [0.2, 0.25) is 0 Å². The van der Waals surface area contributed by atoms with Crippen LogP contribution in [0.4, 0.5) is 5.82 Å². The topological polar surface area (TPSA) is 101 Å². The van der Waals surface area contributed by atoms with Gasteiger partial charge < -0.3 is 9.64 Å². The van der Waals surface area contributed by atoms with Gasteiger partial charge in [0, 0.05) is 44.0 Å². The maximum absolute atomic E-state index is 11.8. The van der Waals surface area contributed by atoms with E-state index in [1.54, 1.807) is 65.4 Å². The van der Waals surface area contributed by atoms with Gasteiger partial charge in [-0.1, -0.05) is 60.7 Å². The van der Waals surface area contributed by atoms with E-state index in [-0.39, 0.29) is 11.5 Å². The summed E-state index contributed by atoms with van der Waals surface area (Å²) < 4.78 is 111. The Bertz CT molecular complexity index is 1560. The van der Waals surface area contributed by atoms with E-state index in [1.807, 2.05) is 0 Å². The van der Waals surface area contributed by atoms with Gasteiger partial charge >= 0.3 is 0 Å². The lowest BCUT2D eigenvalue weighted by Gasteiger charge is -2.28. The van der Waals surface area contributed by atoms with Crippen molar-refractivity contribution in [2.24, 2.45) is 0 Å². The van der Waals surface area contributed by atoms with Gasteiger partial charge in [-0.25, -0.2) is 13.4 Å². The number of anilines is 1. The van der Waals surface area contributed by atoms with E-state index < -0.39 is 68.2 Å². The summed E-state index contributed by atoms with van der Waals surface area (Å²) in [6, 6.07) is 15.2. The van der Waals surface area contributed by atoms with Gasteiger partial charge in [0.25, 0.3) is 5.91 Å². The molecule has 9 heteroatoms. The third-order valence-electron chi connectivity index (χ3n) is 4.54. The quantitative estimate of drug-likeness (QED) is 0.397. The summed E-state index contributed by atoms with van der Waals surface area (Å²) in [5.41, 5.74) is 1.81. The first kappa shape index (κ1) is 15.6. The highest BCUT2D eigenvalue weighted by atomic mass is 32.2. The SMILES string of the molecule is [2H]C([2H])([2H])C(N(CC([2H])([2H])C([2H])([2H])COCC(=O)NS(C)(=O)=O)c1cnc(-c2ccccc2)c(-c2ccccc2)n1)C([2H])([2H])[2H]. The van der Waals surface area contributed by atoms with Gasteiger partial charge in [-0.2, -0.15) is 0 Å². The smallest absolute Gasteiger partial charge is 0.259 e. The molecular weight excluding hydrogens is 464 g/mol. The number of rotatable bonds is 12. The van der Waals surface area contributed by atoms with Crippen molar-refractivity contribution in [2.75, 3.05) is 30.9 Å². The highest BCUT2D eigenvalue weighted by Crippen LogP contribution is 2.30. The largest absolute Gasteiger partial charge is 0.372 e. The van der Waals surface area contributed by atoms with Gasteiger partial charge in [-0.05, 0) is 26.4 Å². The Kier molecular flexibility index (Phi) is 5.55. The molecule has 0 atom stereocenters. The van der Waals surface area contributed by atoms with E-state index >= 15 is 0 Å². The lowest BCUT2D eigenvalue weighted by Crippen LogP contribution is -2.33. The Morgan fingerprint density at radius 1 is 1.06 bits per heavy atom. The van der Waals surface area contributed by atoms with Gasteiger partial charge in [0.2, 0.25) is 10.0 Å². The van der Waals surface area contributed by atoms with Crippen molar-refractivity contribution in [2.45, 2.75) is 32.5 Å². The monoisotopic (exact) mass is 506 g/mol. The van der Waals surface area contributed by atoms with Crippen LogP contribution in [0, 0.1) is 0 Å². The van der Waals surface area contributed by atoms with Crippen LogP contribution in [0.3, 0.4) is 0 Å². The van der Waals surface area contributed by atoms with E-state index in [0.29, 0.717) is 21.7 Å². The molecule has 0 aliphatic rings. The van der Waals surface area contributed by atoms with Crippen LogP contribution in [0.1, 0.15) is 40.2 Å². The molecular formula is C26H32N4O4S. The van der Waals surface area contributed by atoms with Crippen LogP contribution in [0.25, 0.3) is 22.5 Å². The predicted octanol–water partition coefficient (Wildman–Crippen LogP) is 3.90. The van der Waals surface area contributed by atoms with Crippen LogP contribution in [-0.2, 0) is 19.6 Å². The highest BCUT2D eigenvalue weighted by molar-refractivity contribution is 7.89. The number of nitrogens with zero attached hydrogens (tertiary/aromatic N) is 3. The number of amides is 1. The van der Waals surface area contributed by atoms with Crippen molar-refractivity contribution in [3.8, 4) is 22.5 Å². The Balaban J connectivity index is 2.10. The van der Waals surface area contributed by atoms with Crippen molar-refractivity contribution in [1.29, 1.82) is 0 Å². The lowest BCUT2D eigenvalue weighted by atomic mass is 10.0. The number of ether oxygens (including phenoxy) is 1. The average Bonchev–Trinajstić information content (AvgIpc) is 2.90. The van der Waals surface area contributed by atoms with E-state index in [9.17, 15) is 13.2 Å². The molecule has 0 spiro atoms. The molecule has 35 heavy (non-hydrogen) atoms. The van der Waals surface area contributed by atoms with E-state index in [2.05, 4.69) is 9.97 Å². The minimum Gasteiger partial charge on any atom is -0.372 e. The summed E-state index contributed by atoms with van der Waals surface area (Å²) in [6.45, 7) is -9.56. The normalized spacial score (nSPS) is 17.2. The van der Waals surface area contributed by atoms with E-state index in [4.69, 9.17) is 18.4 Å². The van der Waals surface area contributed by atoms with Crippen molar-refractivity contribution in [3.63, 3.8) is 0 Å². The number of benzene rings is 2. The summed E-state index contributed by atoms with van der Waals surface area (Å²) in [5, 5.41) is 0. The Morgan fingerprint density at radius 3 is 2.29 bits per heavy atom. The molecule has 0 bridgehead atoms. The van der Waals surface area contributed by atoms with Gasteiger partial charge in [-0.15, -0.1) is 0 Å². The number of carbonyl (C=O) groups is 1.